The normalized spacial score (nSPS) is 11.8. The van der Waals surface area contributed by atoms with E-state index in [1.54, 1.807) is 6.07 Å². The number of nitrogens with one attached hydrogen (secondary N) is 1. The summed E-state index contributed by atoms with van der Waals surface area (Å²) in [6.07, 6.45) is 1.34. The quantitative estimate of drug-likeness (QED) is 0.377. The average Bonchev–Trinajstić information content (AvgIpc) is 3.32. The van der Waals surface area contributed by atoms with Crippen LogP contribution in [0.4, 0.5) is 23.2 Å². The lowest BCUT2D eigenvalue weighted by molar-refractivity contribution is 0.0869. The van der Waals surface area contributed by atoms with Gasteiger partial charge in [-0.05, 0) is 41.9 Å². The number of hydrogen-bond donors (Lipinski definition) is 1. The van der Waals surface area contributed by atoms with E-state index in [0.717, 1.165) is 34.8 Å². The second-order valence-electron chi connectivity index (χ2n) is 5.88. The van der Waals surface area contributed by atoms with E-state index in [1.165, 1.54) is 12.3 Å². The van der Waals surface area contributed by atoms with Crippen molar-refractivity contribution in [2.75, 3.05) is 5.32 Å². The lowest BCUT2D eigenvalue weighted by Gasteiger charge is -2.11. The van der Waals surface area contributed by atoms with Crippen LogP contribution < -0.4 is 5.32 Å². The van der Waals surface area contributed by atoms with Gasteiger partial charge in [-0.2, -0.15) is 13.9 Å². The van der Waals surface area contributed by atoms with Crippen LogP contribution >= 0.6 is 11.6 Å². The van der Waals surface area contributed by atoms with Gasteiger partial charge in [0.2, 0.25) is 0 Å². The summed E-state index contributed by atoms with van der Waals surface area (Å²) in [5.41, 5.74) is -1.10. The van der Waals surface area contributed by atoms with Gasteiger partial charge in [0.15, 0.2) is 28.7 Å². The van der Waals surface area contributed by atoms with Crippen LogP contribution in [0.3, 0.4) is 0 Å². The first-order valence-corrected chi connectivity index (χ1v) is 8.38. The minimum atomic E-state index is -3.82. The third-order valence-electron chi connectivity index (χ3n) is 3.90. The fourth-order valence-corrected chi connectivity index (χ4v) is 2.74. The van der Waals surface area contributed by atoms with E-state index in [9.17, 15) is 22.4 Å². The summed E-state index contributed by atoms with van der Waals surface area (Å²) in [5, 5.41) is 2.30. The highest BCUT2D eigenvalue weighted by atomic mass is 35.5. The van der Waals surface area contributed by atoms with E-state index >= 15 is 0 Å². The molecule has 1 amide bonds. The number of hydrogen-bond acceptors (Lipinski definition) is 4. The Morgan fingerprint density at radius 3 is 2.59 bits per heavy atom. The van der Waals surface area contributed by atoms with Gasteiger partial charge in [0.25, 0.3) is 5.91 Å². The molecule has 6 nitrogen and oxygen atoms in total. The van der Waals surface area contributed by atoms with Crippen LogP contribution in [-0.4, -0.2) is 20.5 Å². The smallest absolute Gasteiger partial charge is 0.364 e. The molecule has 0 saturated carbocycles. The molecule has 11 heteroatoms. The number of nitrogens with zero attached hydrogens (tertiary/aromatic N) is 3. The highest BCUT2D eigenvalue weighted by molar-refractivity contribution is 6.21. The van der Waals surface area contributed by atoms with E-state index in [-0.39, 0.29) is 28.5 Å². The summed E-state index contributed by atoms with van der Waals surface area (Å²) in [4.78, 5) is 16.5. The summed E-state index contributed by atoms with van der Waals surface area (Å²) < 4.78 is 60.0. The molecule has 148 valence electrons. The van der Waals surface area contributed by atoms with Crippen molar-refractivity contribution in [3.05, 3.63) is 71.8 Å². The molecule has 29 heavy (non-hydrogen) atoms. The summed E-state index contributed by atoms with van der Waals surface area (Å²) in [6, 6.07) is 7.94. The molecule has 0 atom stereocenters. The number of amides is 1. The van der Waals surface area contributed by atoms with Crippen molar-refractivity contribution in [3.63, 3.8) is 0 Å². The first kappa shape index (κ1) is 18.9. The first-order valence-electron chi connectivity index (χ1n) is 8.00. The maximum absolute atomic E-state index is 13.9. The van der Waals surface area contributed by atoms with E-state index in [1.807, 2.05) is 0 Å². The Morgan fingerprint density at radius 2 is 1.93 bits per heavy atom. The van der Waals surface area contributed by atoms with Crippen LogP contribution in [0.25, 0.3) is 17.1 Å². The molecule has 0 fully saturated rings. The SMILES string of the molecule is O=C(Nc1ccc(F)c(F)c1)c1cc2nc(-c3ccco3)cc(C(F)(F)Cl)n2n1. The minimum absolute atomic E-state index is 0.0434. The van der Waals surface area contributed by atoms with E-state index in [4.69, 9.17) is 16.0 Å². The summed E-state index contributed by atoms with van der Waals surface area (Å²) in [5.74, 6) is -2.88. The molecule has 4 rings (SSSR count). The molecule has 0 saturated heterocycles. The predicted octanol–water partition coefficient (Wildman–Crippen LogP) is 4.81. The van der Waals surface area contributed by atoms with Crippen LogP contribution in [0.15, 0.2) is 53.1 Å². The molecular formula is C18H9ClF4N4O2. The molecule has 1 N–H and O–H groups in total. The number of benzene rings is 1. The summed E-state index contributed by atoms with van der Waals surface area (Å²) in [6.45, 7) is 0. The summed E-state index contributed by atoms with van der Waals surface area (Å²) in [7, 11) is 0. The molecule has 1 aromatic carbocycles. The Kier molecular flexibility index (Phi) is 4.50. The zero-order valence-electron chi connectivity index (χ0n) is 14.2. The molecular weight excluding hydrogens is 416 g/mol. The number of carbonyl (C=O) groups excluding carboxylic acids is 1. The van der Waals surface area contributed by atoms with Crippen molar-refractivity contribution in [1.29, 1.82) is 0 Å². The van der Waals surface area contributed by atoms with Crippen molar-refractivity contribution in [2.45, 2.75) is 5.38 Å². The number of rotatable bonds is 4. The highest BCUT2D eigenvalue weighted by Crippen LogP contribution is 2.34. The maximum atomic E-state index is 13.9. The Balaban J connectivity index is 1.76. The largest absolute Gasteiger partial charge is 0.463 e. The first-order chi connectivity index (χ1) is 13.7. The number of furan rings is 1. The monoisotopic (exact) mass is 424 g/mol. The second kappa shape index (κ2) is 6.89. The van der Waals surface area contributed by atoms with Crippen molar-refractivity contribution >= 4 is 28.8 Å². The zero-order chi connectivity index (χ0) is 20.8. The zero-order valence-corrected chi connectivity index (χ0v) is 14.9. The van der Waals surface area contributed by atoms with Gasteiger partial charge in [0.05, 0.1) is 6.26 Å². The molecule has 0 bridgehead atoms. The van der Waals surface area contributed by atoms with Gasteiger partial charge in [0, 0.05) is 17.8 Å². The van der Waals surface area contributed by atoms with Gasteiger partial charge in [-0.15, -0.1) is 0 Å². The third-order valence-corrected chi connectivity index (χ3v) is 4.09. The lowest BCUT2D eigenvalue weighted by Crippen LogP contribution is -2.15. The molecule has 0 aliphatic carbocycles. The Labute approximate surface area is 164 Å². The van der Waals surface area contributed by atoms with Crippen LogP contribution in [-0.2, 0) is 5.38 Å². The van der Waals surface area contributed by atoms with Crippen LogP contribution in [0, 0.1) is 11.6 Å². The van der Waals surface area contributed by atoms with Crippen LogP contribution in [0.1, 0.15) is 16.2 Å². The molecule has 0 aliphatic heterocycles. The minimum Gasteiger partial charge on any atom is -0.463 e. The van der Waals surface area contributed by atoms with Gasteiger partial charge in [-0.1, -0.05) is 0 Å². The third kappa shape index (κ3) is 3.66. The van der Waals surface area contributed by atoms with Crippen LogP contribution in [0.5, 0.6) is 0 Å². The Hall–Kier alpha value is -3.40. The Morgan fingerprint density at radius 1 is 1.14 bits per heavy atom. The number of aromatic nitrogens is 3. The standard InChI is InChI=1S/C18H9ClF4N4O2/c19-18(22,23)15-7-12(14-2-1-5-29-14)25-16-8-13(26-27(15)16)17(28)24-9-3-4-10(20)11(21)6-9/h1-8H,(H,24,28). The number of carbonyl (C=O) groups is 1. The topological polar surface area (TPSA) is 72.4 Å². The second-order valence-corrected chi connectivity index (χ2v) is 6.36. The van der Waals surface area contributed by atoms with Gasteiger partial charge >= 0.3 is 5.38 Å². The number of anilines is 1. The molecule has 0 unspecified atom stereocenters. The number of halogens is 5. The van der Waals surface area contributed by atoms with Crippen LogP contribution in [0.2, 0.25) is 0 Å². The molecule has 0 aliphatic rings. The fraction of sp³-hybridized carbons (Fsp3) is 0.0556. The fourth-order valence-electron chi connectivity index (χ4n) is 2.61. The van der Waals surface area contributed by atoms with Crippen molar-refractivity contribution in [2.24, 2.45) is 0 Å². The Bertz CT molecular complexity index is 1220. The van der Waals surface area contributed by atoms with Crippen molar-refractivity contribution in [1.82, 2.24) is 14.6 Å². The molecule has 3 aromatic heterocycles. The number of alkyl halides is 3. The van der Waals surface area contributed by atoms with Crippen molar-refractivity contribution in [3.8, 4) is 11.5 Å². The molecule has 3 heterocycles. The predicted molar refractivity (Wildman–Crippen MR) is 94.7 cm³/mol. The van der Waals surface area contributed by atoms with Gasteiger partial charge in [-0.3, -0.25) is 4.79 Å². The highest BCUT2D eigenvalue weighted by Gasteiger charge is 2.33. The summed E-state index contributed by atoms with van der Waals surface area (Å²) >= 11 is 5.19. The van der Waals surface area contributed by atoms with E-state index in [0.29, 0.717) is 0 Å². The van der Waals surface area contributed by atoms with E-state index < -0.39 is 28.6 Å². The van der Waals surface area contributed by atoms with Gasteiger partial charge in [0.1, 0.15) is 11.4 Å². The van der Waals surface area contributed by atoms with Crippen molar-refractivity contribution < 1.29 is 26.8 Å². The number of fused-ring (bicyclic) bond motifs is 1. The molecule has 4 aromatic rings. The maximum Gasteiger partial charge on any atom is 0.364 e. The van der Waals surface area contributed by atoms with E-state index in [2.05, 4.69) is 15.4 Å². The average molecular weight is 425 g/mol. The van der Waals surface area contributed by atoms with Gasteiger partial charge < -0.3 is 9.73 Å². The van der Waals surface area contributed by atoms with Gasteiger partial charge in [-0.25, -0.2) is 18.3 Å². The molecule has 0 radical (unpaired) electrons. The lowest BCUT2D eigenvalue weighted by atomic mass is 10.2. The molecule has 0 spiro atoms.